The molecule has 10 rings (SSSR count). The summed E-state index contributed by atoms with van der Waals surface area (Å²) >= 11 is 0. The van der Waals surface area contributed by atoms with Gasteiger partial charge in [0.1, 0.15) is 11.2 Å². The Morgan fingerprint density at radius 1 is 0.542 bits per heavy atom. The Bertz CT molecular complexity index is 692. The molecule has 0 bridgehead atoms. The molecular formula is C20H22O4. The third-order valence-corrected chi connectivity index (χ3v) is 11.2. The molecule has 4 saturated heterocycles. The zero-order chi connectivity index (χ0) is 14.7. The molecule has 4 aliphatic heterocycles. The highest BCUT2D eigenvalue weighted by Gasteiger charge is 2.96. The van der Waals surface area contributed by atoms with Crippen molar-refractivity contribution in [3.63, 3.8) is 0 Å². The monoisotopic (exact) mass is 326 g/mol. The van der Waals surface area contributed by atoms with Crippen LogP contribution in [-0.2, 0) is 18.9 Å². The molecule has 2 spiro atoms. The Hall–Kier alpha value is -0.160. The summed E-state index contributed by atoms with van der Waals surface area (Å²) < 4.78 is 26.2. The van der Waals surface area contributed by atoms with Crippen molar-refractivity contribution in [1.29, 1.82) is 0 Å². The van der Waals surface area contributed by atoms with Crippen molar-refractivity contribution in [2.24, 2.45) is 59.2 Å². The average molecular weight is 326 g/mol. The molecule has 126 valence electrons. The van der Waals surface area contributed by atoms with E-state index in [1.807, 2.05) is 0 Å². The molecule has 0 aromatic heterocycles. The normalized spacial score (nSPS) is 87.0. The third-order valence-electron chi connectivity index (χ3n) is 11.2. The smallest absolute Gasteiger partial charge is 0.188 e. The molecule has 4 heterocycles. The minimum atomic E-state index is 0.136. The summed E-state index contributed by atoms with van der Waals surface area (Å²) in [7, 11) is 0. The van der Waals surface area contributed by atoms with Crippen LogP contribution in [0.25, 0.3) is 0 Å². The van der Waals surface area contributed by atoms with Crippen LogP contribution in [-0.4, -0.2) is 36.0 Å². The topological polar surface area (TPSA) is 43.5 Å². The highest BCUT2D eigenvalue weighted by atomic mass is 16.8. The third kappa shape index (κ3) is 0.758. The first-order valence-electron chi connectivity index (χ1n) is 10.5. The molecule has 6 aliphatic carbocycles. The van der Waals surface area contributed by atoms with E-state index in [2.05, 4.69) is 0 Å². The van der Waals surface area contributed by atoms with Gasteiger partial charge in [0.05, 0.1) is 12.2 Å². The summed E-state index contributed by atoms with van der Waals surface area (Å²) in [6, 6.07) is 0. The van der Waals surface area contributed by atoms with E-state index in [4.69, 9.17) is 18.9 Å². The highest BCUT2D eigenvalue weighted by molar-refractivity contribution is 5.40. The standard InChI is InChI=1S/C20H22O4/c1-3-7-9-5(1)13-11-12-14(20(15(9)11)18(21-7)24-20)6-2-4-8-10(6)16(12)19(13)17(22-8)23-19/h5-18H,1-4H2. The molecule has 0 aromatic rings. The van der Waals surface area contributed by atoms with Gasteiger partial charge in [-0.25, -0.2) is 0 Å². The molecule has 24 heavy (non-hydrogen) atoms. The lowest BCUT2D eigenvalue weighted by Gasteiger charge is -2.38. The molecule has 16 atom stereocenters. The highest BCUT2D eigenvalue weighted by Crippen LogP contribution is 2.89. The number of rotatable bonds is 0. The predicted octanol–water partition coefficient (Wildman–Crippen LogP) is 1.78. The van der Waals surface area contributed by atoms with Crippen molar-refractivity contribution in [3.05, 3.63) is 0 Å². The quantitative estimate of drug-likeness (QED) is 0.637. The zero-order valence-electron chi connectivity index (χ0n) is 13.5. The van der Waals surface area contributed by atoms with Gasteiger partial charge in [-0.15, -0.1) is 0 Å². The van der Waals surface area contributed by atoms with Crippen LogP contribution in [0.5, 0.6) is 0 Å². The van der Waals surface area contributed by atoms with Crippen molar-refractivity contribution in [2.45, 2.75) is 61.7 Å². The predicted molar refractivity (Wildman–Crippen MR) is 78.3 cm³/mol. The molecule has 6 saturated carbocycles. The lowest BCUT2D eigenvalue weighted by molar-refractivity contribution is -0.0794. The Kier molecular flexibility index (Phi) is 1.37. The van der Waals surface area contributed by atoms with Crippen molar-refractivity contribution >= 4 is 0 Å². The van der Waals surface area contributed by atoms with Gasteiger partial charge in [-0.3, -0.25) is 0 Å². The minimum Gasteiger partial charge on any atom is -0.346 e. The number of hydrogen-bond donors (Lipinski definition) is 0. The summed E-state index contributed by atoms with van der Waals surface area (Å²) in [5.74, 6) is 8.14. The Labute approximate surface area is 140 Å². The van der Waals surface area contributed by atoms with Crippen LogP contribution in [0.3, 0.4) is 0 Å². The second kappa shape index (κ2) is 2.85. The van der Waals surface area contributed by atoms with Gasteiger partial charge in [0.15, 0.2) is 12.6 Å². The van der Waals surface area contributed by atoms with E-state index >= 15 is 0 Å². The van der Waals surface area contributed by atoms with Crippen LogP contribution in [0.1, 0.15) is 25.7 Å². The lowest BCUT2D eigenvalue weighted by atomic mass is 9.70. The minimum absolute atomic E-state index is 0.136. The first-order valence-corrected chi connectivity index (χ1v) is 10.5. The van der Waals surface area contributed by atoms with Crippen molar-refractivity contribution in [3.8, 4) is 0 Å². The first kappa shape index (κ1) is 11.5. The molecule has 0 aromatic carbocycles. The largest absolute Gasteiger partial charge is 0.346 e. The summed E-state index contributed by atoms with van der Waals surface area (Å²) in [6.45, 7) is 0. The molecule has 10 aliphatic rings. The van der Waals surface area contributed by atoms with Crippen LogP contribution in [0.4, 0.5) is 0 Å². The van der Waals surface area contributed by atoms with Crippen LogP contribution in [0, 0.1) is 59.2 Å². The molecule has 16 unspecified atom stereocenters. The maximum absolute atomic E-state index is 6.55. The van der Waals surface area contributed by atoms with Crippen molar-refractivity contribution in [1.82, 2.24) is 0 Å². The van der Waals surface area contributed by atoms with Gasteiger partial charge >= 0.3 is 0 Å². The molecular weight excluding hydrogens is 304 g/mol. The Morgan fingerprint density at radius 3 is 1.54 bits per heavy atom. The number of ether oxygens (including phenoxy) is 4. The van der Waals surface area contributed by atoms with Crippen molar-refractivity contribution < 1.29 is 18.9 Å². The molecule has 4 heteroatoms. The van der Waals surface area contributed by atoms with Gasteiger partial charge in [-0.1, -0.05) is 0 Å². The Balaban J connectivity index is 1.32. The van der Waals surface area contributed by atoms with Crippen LogP contribution < -0.4 is 0 Å². The Morgan fingerprint density at radius 2 is 1.04 bits per heavy atom. The van der Waals surface area contributed by atoms with E-state index in [9.17, 15) is 0 Å². The SMILES string of the molecule is C1CC2C3C1OC1OC14C1C5CCC6OC7OC78C2C(C1C8C65)C34. The van der Waals surface area contributed by atoms with E-state index in [1.165, 1.54) is 25.7 Å². The second-order valence-electron chi connectivity index (χ2n) is 10.9. The van der Waals surface area contributed by atoms with Crippen LogP contribution in [0.15, 0.2) is 0 Å². The van der Waals surface area contributed by atoms with Gasteiger partial charge in [-0.2, -0.15) is 0 Å². The maximum Gasteiger partial charge on any atom is 0.188 e. The van der Waals surface area contributed by atoms with Crippen LogP contribution >= 0.6 is 0 Å². The van der Waals surface area contributed by atoms with E-state index in [0.717, 1.165) is 59.2 Å². The average Bonchev–Trinajstić information content (AvgIpc) is 3.01. The molecule has 0 amide bonds. The van der Waals surface area contributed by atoms with Crippen molar-refractivity contribution in [2.75, 3.05) is 0 Å². The lowest BCUT2D eigenvalue weighted by Crippen LogP contribution is -2.47. The number of fused-ring (bicyclic) bond motifs is 2. The number of epoxide rings is 2. The maximum atomic E-state index is 6.55. The molecule has 0 N–H and O–H groups in total. The summed E-state index contributed by atoms with van der Waals surface area (Å²) in [5, 5.41) is 0. The molecule has 4 nitrogen and oxygen atoms in total. The summed E-state index contributed by atoms with van der Waals surface area (Å²) in [5.41, 5.74) is 0.271. The van der Waals surface area contributed by atoms with Gasteiger partial charge in [0.2, 0.25) is 0 Å². The molecule has 10 fully saturated rings. The summed E-state index contributed by atoms with van der Waals surface area (Å²) in [6.07, 6.45) is 6.57. The zero-order valence-corrected chi connectivity index (χ0v) is 13.5. The van der Waals surface area contributed by atoms with Gasteiger partial charge in [0.25, 0.3) is 0 Å². The van der Waals surface area contributed by atoms with Gasteiger partial charge in [0, 0.05) is 23.7 Å². The first-order chi connectivity index (χ1) is 11.9. The van der Waals surface area contributed by atoms with E-state index in [0.29, 0.717) is 12.2 Å². The summed E-state index contributed by atoms with van der Waals surface area (Å²) in [4.78, 5) is 0. The van der Waals surface area contributed by atoms with Gasteiger partial charge < -0.3 is 18.9 Å². The fraction of sp³-hybridized carbons (Fsp3) is 1.00. The fourth-order valence-electron chi connectivity index (χ4n) is 11.4. The van der Waals surface area contributed by atoms with Crippen LogP contribution in [0.2, 0.25) is 0 Å². The molecule has 0 radical (unpaired) electrons. The van der Waals surface area contributed by atoms with E-state index < -0.39 is 0 Å². The van der Waals surface area contributed by atoms with E-state index in [1.54, 1.807) is 0 Å². The van der Waals surface area contributed by atoms with Gasteiger partial charge in [-0.05, 0) is 61.2 Å². The van der Waals surface area contributed by atoms with E-state index in [-0.39, 0.29) is 23.8 Å². The second-order valence-corrected chi connectivity index (χ2v) is 10.9. The number of hydrogen-bond acceptors (Lipinski definition) is 4. The fourth-order valence-corrected chi connectivity index (χ4v) is 11.4.